The number of H-pyrrole nitrogens is 1. The number of benzene rings is 2. The SMILES string of the molecule is Fc1cccc(Cn2cnc3c(NCc4nc5c(F)c(F)ccc5[nH]4)nc(N4CCOCC4)nc32)c1. The maximum atomic E-state index is 14.1. The Kier molecular flexibility index (Phi) is 5.64. The van der Waals surface area contributed by atoms with Crippen molar-refractivity contribution >= 4 is 34.0 Å². The molecule has 9 nitrogen and oxygen atoms in total. The predicted octanol–water partition coefficient (Wildman–Crippen LogP) is 3.62. The van der Waals surface area contributed by atoms with Crippen molar-refractivity contribution in [2.24, 2.45) is 0 Å². The van der Waals surface area contributed by atoms with Gasteiger partial charge in [-0.15, -0.1) is 0 Å². The summed E-state index contributed by atoms with van der Waals surface area (Å²) in [4.78, 5) is 23.2. The van der Waals surface area contributed by atoms with Crippen molar-refractivity contribution in [2.45, 2.75) is 13.1 Å². The number of aromatic amines is 1. The molecule has 3 aromatic heterocycles. The first kappa shape index (κ1) is 22.3. The van der Waals surface area contributed by atoms with Gasteiger partial charge in [-0.25, -0.2) is 23.1 Å². The van der Waals surface area contributed by atoms with E-state index in [1.807, 2.05) is 15.5 Å². The van der Waals surface area contributed by atoms with E-state index in [9.17, 15) is 13.2 Å². The van der Waals surface area contributed by atoms with Gasteiger partial charge in [0.15, 0.2) is 28.6 Å². The highest BCUT2D eigenvalue weighted by Gasteiger charge is 2.20. The molecule has 0 bridgehead atoms. The van der Waals surface area contributed by atoms with Gasteiger partial charge in [-0.3, -0.25) is 0 Å². The van der Waals surface area contributed by atoms with Crippen LogP contribution in [0, 0.1) is 17.5 Å². The molecule has 1 fully saturated rings. The van der Waals surface area contributed by atoms with E-state index in [1.54, 1.807) is 12.4 Å². The number of ether oxygens (including phenoxy) is 1. The van der Waals surface area contributed by atoms with Crippen molar-refractivity contribution in [3.63, 3.8) is 0 Å². The molecule has 5 aromatic rings. The van der Waals surface area contributed by atoms with Crippen LogP contribution in [-0.4, -0.2) is 55.8 Å². The van der Waals surface area contributed by atoms with Gasteiger partial charge in [0.25, 0.3) is 0 Å². The predicted molar refractivity (Wildman–Crippen MR) is 127 cm³/mol. The van der Waals surface area contributed by atoms with Crippen LogP contribution >= 0.6 is 0 Å². The molecule has 0 spiro atoms. The highest BCUT2D eigenvalue weighted by molar-refractivity contribution is 5.84. The van der Waals surface area contributed by atoms with E-state index < -0.39 is 11.6 Å². The lowest BCUT2D eigenvalue weighted by atomic mass is 10.2. The van der Waals surface area contributed by atoms with Crippen LogP contribution in [0.5, 0.6) is 0 Å². The zero-order chi connectivity index (χ0) is 24.6. The summed E-state index contributed by atoms with van der Waals surface area (Å²) in [5, 5.41) is 3.21. The van der Waals surface area contributed by atoms with Gasteiger partial charge >= 0.3 is 0 Å². The molecule has 6 rings (SSSR count). The Morgan fingerprint density at radius 2 is 1.86 bits per heavy atom. The average Bonchev–Trinajstić information content (AvgIpc) is 3.50. The largest absolute Gasteiger partial charge is 0.378 e. The highest BCUT2D eigenvalue weighted by atomic mass is 19.2. The summed E-state index contributed by atoms with van der Waals surface area (Å²) in [6, 6.07) is 8.86. The summed E-state index contributed by atoms with van der Waals surface area (Å²) < 4.78 is 48.7. The van der Waals surface area contributed by atoms with Gasteiger partial charge in [-0.05, 0) is 29.8 Å². The minimum absolute atomic E-state index is 0.0620. The lowest BCUT2D eigenvalue weighted by Gasteiger charge is -2.27. The second-order valence-electron chi connectivity index (χ2n) is 8.44. The van der Waals surface area contributed by atoms with Crippen LogP contribution in [0.3, 0.4) is 0 Å². The minimum Gasteiger partial charge on any atom is -0.378 e. The maximum Gasteiger partial charge on any atom is 0.229 e. The summed E-state index contributed by atoms with van der Waals surface area (Å²) in [7, 11) is 0. The molecule has 0 aliphatic carbocycles. The fourth-order valence-corrected chi connectivity index (χ4v) is 4.23. The summed E-state index contributed by atoms with van der Waals surface area (Å²) in [5.41, 5.74) is 2.21. The molecule has 0 unspecified atom stereocenters. The fraction of sp³-hybridized carbons (Fsp3) is 0.250. The summed E-state index contributed by atoms with van der Waals surface area (Å²) in [5.74, 6) is -0.882. The van der Waals surface area contributed by atoms with Gasteiger partial charge in [-0.2, -0.15) is 9.97 Å². The first-order valence-electron chi connectivity index (χ1n) is 11.4. The molecule has 1 aliphatic rings. The molecule has 1 saturated heterocycles. The molecule has 2 aromatic carbocycles. The van der Waals surface area contributed by atoms with E-state index in [0.29, 0.717) is 67.1 Å². The molecular formula is C24H21F3N8O. The van der Waals surface area contributed by atoms with Gasteiger partial charge in [0.1, 0.15) is 17.2 Å². The van der Waals surface area contributed by atoms with Gasteiger partial charge in [0.2, 0.25) is 5.95 Å². The van der Waals surface area contributed by atoms with Crippen molar-refractivity contribution in [3.8, 4) is 0 Å². The fourth-order valence-electron chi connectivity index (χ4n) is 4.23. The molecule has 36 heavy (non-hydrogen) atoms. The second-order valence-corrected chi connectivity index (χ2v) is 8.44. The third-order valence-electron chi connectivity index (χ3n) is 6.01. The number of anilines is 2. The van der Waals surface area contributed by atoms with Crippen LogP contribution in [0.1, 0.15) is 11.4 Å². The van der Waals surface area contributed by atoms with Gasteiger partial charge in [0.05, 0.1) is 38.1 Å². The first-order chi connectivity index (χ1) is 17.5. The summed E-state index contributed by atoms with van der Waals surface area (Å²) in [6.45, 7) is 2.94. The third-order valence-corrected chi connectivity index (χ3v) is 6.01. The van der Waals surface area contributed by atoms with E-state index in [4.69, 9.17) is 14.7 Å². The quantitative estimate of drug-likeness (QED) is 0.372. The third kappa shape index (κ3) is 4.19. The van der Waals surface area contributed by atoms with Crippen LogP contribution in [0.15, 0.2) is 42.7 Å². The Labute approximate surface area is 203 Å². The Morgan fingerprint density at radius 3 is 2.69 bits per heavy atom. The monoisotopic (exact) mass is 494 g/mol. The van der Waals surface area contributed by atoms with Crippen LogP contribution in [0.25, 0.3) is 22.2 Å². The zero-order valence-electron chi connectivity index (χ0n) is 19.0. The Morgan fingerprint density at radius 1 is 1.00 bits per heavy atom. The van der Waals surface area contributed by atoms with E-state index >= 15 is 0 Å². The van der Waals surface area contributed by atoms with Crippen molar-refractivity contribution in [1.29, 1.82) is 0 Å². The molecule has 1 aliphatic heterocycles. The van der Waals surface area contributed by atoms with Crippen molar-refractivity contribution in [3.05, 3.63) is 71.6 Å². The average molecular weight is 494 g/mol. The molecule has 2 N–H and O–H groups in total. The smallest absolute Gasteiger partial charge is 0.229 e. The van der Waals surface area contributed by atoms with E-state index in [1.165, 1.54) is 18.2 Å². The van der Waals surface area contributed by atoms with Gasteiger partial charge < -0.3 is 24.5 Å². The van der Waals surface area contributed by atoms with Gasteiger partial charge in [0, 0.05) is 13.1 Å². The highest BCUT2D eigenvalue weighted by Crippen LogP contribution is 2.25. The summed E-state index contributed by atoms with van der Waals surface area (Å²) >= 11 is 0. The van der Waals surface area contributed by atoms with Crippen molar-refractivity contribution in [1.82, 2.24) is 29.5 Å². The topological polar surface area (TPSA) is 96.8 Å². The Balaban J connectivity index is 1.35. The number of nitrogens with one attached hydrogen (secondary N) is 2. The molecule has 184 valence electrons. The second kappa shape index (κ2) is 9.11. The molecule has 0 radical (unpaired) electrons. The number of aromatic nitrogens is 6. The van der Waals surface area contributed by atoms with Crippen LogP contribution in [0.4, 0.5) is 24.9 Å². The molecule has 0 amide bonds. The van der Waals surface area contributed by atoms with Crippen LogP contribution in [-0.2, 0) is 17.8 Å². The number of fused-ring (bicyclic) bond motifs is 2. The molecule has 0 saturated carbocycles. The lowest BCUT2D eigenvalue weighted by molar-refractivity contribution is 0.122. The zero-order valence-corrected chi connectivity index (χ0v) is 19.0. The first-order valence-corrected chi connectivity index (χ1v) is 11.4. The normalized spacial score (nSPS) is 14.1. The molecule has 4 heterocycles. The maximum absolute atomic E-state index is 14.1. The molecule has 12 heteroatoms. The van der Waals surface area contributed by atoms with Crippen molar-refractivity contribution in [2.75, 3.05) is 36.5 Å². The number of imidazole rings is 2. The van der Waals surface area contributed by atoms with Crippen molar-refractivity contribution < 1.29 is 17.9 Å². The van der Waals surface area contributed by atoms with E-state index in [-0.39, 0.29) is 17.9 Å². The number of halogens is 3. The van der Waals surface area contributed by atoms with Gasteiger partial charge in [-0.1, -0.05) is 12.1 Å². The number of hydrogen-bond acceptors (Lipinski definition) is 7. The number of morpholine rings is 1. The number of hydrogen-bond donors (Lipinski definition) is 2. The number of nitrogens with zero attached hydrogens (tertiary/aromatic N) is 6. The number of rotatable bonds is 6. The Hall–Kier alpha value is -4.19. The van der Waals surface area contributed by atoms with E-state index in [2.05, 4.69) is 20.3 Å². The minimum atomic E-state index is -0.995. The van der Waals surface area contributed by atoms with Crippen LogP contribution in [0.2, 0.25) is 0 Å². The van der Waals surface area contributed by atoms with Crippen LogP contribution < -0.4 is 10.2 Å². The Bertz CT molecular complexity index is 1560. The van der Waals surface area contributed by atoms with E-state index in [0.717, 1.165) is 11.6 Å². The summed E-state index contributed by atoms with van der Waals surface area (Å²) in [6.07, 6.45) is 1.64. The standard InChI is InChI=1S/C24H21F3N8O/c25-15-3-1-2-14(10-15)12-35-13-29-21-22(32-24(33-23(21)35)34-6-8-36-9-7-34)28-11-18-30-17-5-4-16(26)19(27)20(17)31-18/h1-5,10,13H,6-9,11-12H2,(H,30,31)(H,28,32,33). The molecule has 0 atom stereocenters. The lowest BCUT2D eigenvalue weighted by Crippen LogP contribution is -2.37. The molecular weight excluding hydrogens is 473 g/mol.